The van der Waals surface area contributed by atoms with Crippen molar-refractivity contribution in [2.45, 2.75) is 43.5 Å². The first kappa shape index (κ1) is 13.5. The third kappa shape index (κ3) is 2.91. The van der Waals surface area contributed by atoms with Crippen molar-refractivity contribution < 1.29 is 8.42 Å². The van der Waals surface area contributed by atoms with Crippen molar-refractivity contribution in [3.63, 3.8) is 0 Å². The third-order valence-corrected chi connectivity index (χ3v) is 4.92. The first-order chi connectivity index (χ1) is 8.53. The van der Waals surface area contributed by atoms with Gasteiger partial charge in [-0.2, -0.15) is 0 Å². The first-order valence-electron chi connectivity index (χ1n) is 6.37. The monoisotopic (exact) mass is 268 g/mol. The van der Waals surface area contributed by atoms with Crippen molar-refractivity contribution in [1.29, 1.82) is 0 Å². The summed E-state index contributed by atoms with van der Waals surface area (Å²) >= 11 is 0. The van der Waals surface area contributed by atoms with E-state index in [-0.39, 0.29) is 6.04 Å². The van der Waals surface area contributed by atoms with Crippen molar-refractivity contribution in [3.8, 4) is 0 Å². The van der Waals surface area contributed by atoms with Crippen molar-refractivity contribution in [2.75, 3.05) is 6.54 Å². The van der Waals surface area contributed by atoms with E-state index in [4.69, 9.17) is 5.73 Å². The van der Waals surface area contributed by atoms with Crippen LogP contribution in [0.4, 0.5) is 0 Å². The lowest BCUT2D eigenvalue weighted by molar-refractivity contribution is 0.549. The van der Waals surface area contributed by atoms with Gasteiger partial charge in [0.15, 0.2) is 0 Å². The fraction of sp³-hybridized carbons (Fsp3) is 0.538. The molecule has 1 aliphatic rings. The number of hydrogen-bond acceptors (Lipinski definition) is 3. The molecule has 0 aromatic heterocycles. The van der Waals surface area contributed by atoms with Crippen molar-refractivity contribution in [1.82, 2.24) is 4.72 Å². The Morgan fingerprint density at radius 2 is 2.06 bits per heavy atom. The van der Waals surface area contributed by atoms with Gasteiger partial charge in [0, 0.05) is 6.04 Å². The predicted octanol–water partition coefficient (Wildman–Crippen LogP) is 1.19. The minimum Gasteiger partial charge on any atom is -0.330 e. The summed E-state index contributed by atoms with van der Waals surface area (Å²) in [6, 6.07) is 5.31. The molecule has 0 aliphatic heterocycles. The molecule has 0 amide bonds. The molecule has 100 valence electrons. The van der Waals surface area contributed by atoms with Crippen LogP contribution in [0, 0.1) is 0 Å². The van der Waals surface area contributed by atoms with Gasteiger partial charge in [-0.1, -0.05) is 6.07 Å². The van der Waals surface area contributed by atoms with Gasteiger partial charge in [-0.3, -0.25) is 0 Å². The molecular formula is C13H20N2O2S. The minimum atomic E-state index is -3.41. The maximum Gasteiger partial charge on any atom is 0.240 e. The quantitative estimate of drug-likeness (QED) is 0.842. The number of rotatable bonds is 5. The van der Waals surface area contributed by atoms with Crippen LogP contribution >= 0.6 is 0 Å². The van der Waals surface area contributed by atoms with Gasteiger partial charge in [0.2, 0.25) is 10.0 Å². The molecule has 1 aromatic rings. The second kappa shape index (κ2) is 5.38. The molecule has 0 bridgehead atoms. The van der Waals surface area contributed by atoms with Gasteiger partial charge >= 0.3 is 0 Å². The van der Waals surface area contributed by atoms with E-state index in [9.17, 15) is 8.42 Å². The Morgan fingerprint density at radius 3 is 2.78 bits per heavy atom. The van der Waals surface area contributed by atoms with Gasteiger partial charge in [0.1, 0.15) is 0 Å². The third-order valence-electron chi connectivity index (χ3n) is 3.34. The SMILES string of the molecule is CC(CCN)NS(=O)(=O)c1ccc2c(c1)CCC2. The van der Waals surface area contributed by atoms with Gasteiger partial charge in [0.25, 0.3) is 0 Å². The maximum atomic E-state index is 12.2. The fourth-order valence-electron chi connectivity index (χ4n) is 2.36. The summed E-state index contributed by atoms with van der Waals surface area (Å²) in [5.41, 5.74) is 7.88. The molecule has 0 spiro atoms. The average Bonchev–Trinajstić information content (AvgIpc) is 2.75. The fourth-order valence-corrected chi connectivity index (χ4v) is 3.69. The highest BCUT2D eigenvalue weighted by Gasteiger charge is 2.19. The molecule has 0 fully saturated rings. The van der Waals surface area contributed by atoms with Crippen LogP contribution in [0.5, 0.6) is 0 Å². The lowest BCUT2D eigenvalue weighted by atomic mass is 10.1. The minimum absolute atomic E-state index is 0.131. The zero-order valence-corrected chi connectivity index (χ0v) is 11.5. The van der Waals surface area contributed by atoms with E-state index in [1.807, 2.05) is 13.0 Å². The van der Waals surface area contributed by atoms with E-state index in [0.29, 0.717) is 17.9 Å². The van der Waals surface area contributed by atoms with Gasteiger partial charge in [0.05, 0.1) is 4.90 Å². The van der Waals surface area contributed by atoms with Gasteiger partial charge in [-0.25, -0.2) is 13.1 Å². The number of fused-ring (bicyclic) bond motifs is 1. The maximum absolute atomic E-state index is 12.2. The molecule has 5 heteroatoms. The summed E-state index contributed by atoms with van der Waals surface area (Å²) in [6.45, 7) is 2.31. The highest BCUT2D eigenvalue weighted by molar-refractivity contribution is 7.89. The largest absolute Gasteiger partial charge is 0.330 e. The molecule has 0 saturated heterocycles. The van der Waals surface area contributed by atoms with Crippen LogP contribution in [0.15, 0.2) is 23.1 Å². The zero-order chi connectivity index (χ0) is 13.2. The zero-order valence-electron chi connectivity index (χ0n) is 10.6. The second-order valence-electron chi connectivity index (χ2n) is 4.88. The standard InChI is InChI=1S/C13H20N2O2S/c1-10(7-8-14)15-18(16,17)13-6-5-11-3-2-4-12(11)9-13/h5-6,9-10,15H,2-4,7-8,14H2,1H3. The smallest absolute Gasteiger partial charge is 0.240 e. The van der Waals surface area contributed by atoms with Gasteiger partial charge < -0.3 is 5.73 Å². The Kier molecular flexibility index (Phi) is 4.04. The van der Waals surface area contributed by atoms with Crippen LogP contribution < -0.4 is 10.5 Å². The molecule has 1 aromatic carbocycles. The summed E-state index contributed by atoms with van der Waals surface area (Å²) in [4.78, 5) is 0.368. The Morgan fingerprint density at radius 1 is 1.33 bits per heavy atom. The number of hydrogen-bond donors (Lipinski definition) is 2. The molecule has 1 atom stereocenters. The molecule has 4 nitrogen and oxygen atoms in total. The van der Waals surface area contributed by atoms with Gasteiger partial charge in [-0.15, -0.1) is 0 Å². The second-order valence-corrected chi connectivity index (χ2v) is 6.60. The summed E-state index contributed by atoms with van der Waals surface area (Å²) in [7, 11) is -3.41. The lowest BCUT2D eigenvalue weighted by Gasteiger charge is -2.13. The van der Waals surface area contributed by atoms with Crippen LogP contribution in [0.25, 0.3) is 0 Å². The molecule has 3 N–H and O–H groups in total. The Balaban J connectivity index is 2.19. The predicted molar refractivity (Wildman–Crippen MR) is 71.9 cm³/mol. The van der Waals surface area contributed by atoms with E-state index in [1.165, 1.54) is 11.1 Å². The van der Waals surface area contributed by atoms with E-state index in [0.717, 1.165) is 19.3 Å². The van der Waals surface area contributed by atoms with Crippen molar-refractivity contribution in [3.05, 3.63) is 29.3 Å². The molecule has 1 aliphatic carbocycles. The van der Waals surface area contributed by atoms with E-state index >= 15 is 0 Å². The number of sulfonamides is 1. The average molecular weight is 268 g/mol. The van der Waals surface area contributed by atoms with Crippen molar-refractivity contribution in [2.24, 2.45) is 5.73 Å². The Hall–Kier alpha value is -0.910. The summed E-state index contributed by atoms with van der Waals surface area (Å²) in [6.07, 6.45) is 3.81. The number of benzene rings is 1. The topological polar surface area (TPSA) is 72.2 Å². The van der Waals surface area contributed by atoms with Gasteiger partial charge in [-0.05, 0) is 62.4 Å². The molecule has 2 rings (SSSR count). The highest BCUT2D eigenvalue weighted by Crippen LogP contribution is 2.24. The number of aryl methyl sites for hydroxylation is 2. The van der Waals surface area contributed by atoms with Crippen molar-refractivity contribution >= 4 is 10.0 Å². The van der Waals surface area contributed by atoms with E-state index in [1.54, 1.807) is 12.1 Å². The number of nitrogens with two attached hydrogens (primary N) is 1. The molecule has 18 heavy (non-hydrogen) atoms. The molecule has 0 radical (unpaired) electrons. The van der Waals surface area contributed by atoms with Crippen LogP contribution in [-0.4, -0.2) is 21.0 Å². The van der Waals surface area contributed by atoms with E-state index in [2.05, 4.69) is 4.72 Å². The van der Waals surface area contributed by atoms with Crippen LogP contribution in [0.2, 0.25) is 0 Å². The Bertz CT molecular complexity index is 526. The summed E-state index contributed by atoms with van der Waals surface area (Å²) < 4.78 is 27.0. The van der Waals surface area contributed by atoms with Crippen LogP contribution in [0.3, 0.4) is 0 Å². The summed E-state index contributed by atoms with van der Waals surface area (Å²) in [5, 5.41) is 0. The van der Waals surface area contributed by atoms with Crippen LogP contribution in [-0.2, 0) is 22.9 Å². The first-order valence-corrected chi connectivity index (χ1v) is 7.85. The number of nitrogens with one attached hydrogen (secondary N) is 1. The molecular weight excluding hydrogens is 248 g/mol. The van der Waals surface area contributed by atoms with Crippen LogP contribution in [0.1, 0.15) is 30.9 Å². The summed E-state index contributed by atoms with van der Waals surface area (Å²) in [5.74, 6) is 0. The highest BCUT2D eigenvalue weighted by atomic mass is 32.2. The lowest BCUT2D eigenvalue weighted by Crippen LogP contribution is -2.34. The molecule has 0 heterocycles. The molecule has 0 saturated carbocycles. The van der Waals surface area contributed by atoms with E-state index < -0.39 is 10.0 Å². The molecule has 1 unspecified atom stereocenters. The normalized spacial score (nSPS) is 16.6. The Labute approximate surface area is 109 Å².